The SMILES string of the molecule is N=C(c1ccncc1)c1cc(C(=O)NC2CNCCC2c2cccc(F)c2)ccc1N. The zero-order chi connectivity index (χ0) is 21.8. The highest BCUT2D eigenvalue weighted by Crippen LogP contribution is 2.27. The molecule has 1 aliphatic rings. The van der Waals surface area contributed by atoms with Crippen LogP contribution in [0.3, 0.4) is 0 Å². The molecule has 1 aromatic heterocycles. The van der Waals surface area contributed by atoms with Crippen LogP contribution < -0.4 is 16.4 Å². The van der Waals surface area contributed by atoms with Gasteiger partial charge in [0.1, 0.15) is 5.82 Å². The Morgan fingerprint density at radius 2 is 1.94 bits per heavy atom. The zero-order valence-corrected chi connectivity index (χ0v) is 16.9. The third-order valence-corrected chi connectivity index (χ3v) is 5.63. The highest BCUT2D eigenvalue weighted by Gasteiger charge is 2.28. The molecule has 5 N–H and O–H groups in total. The largest absolute Gasteiger partial charge is 0.398 e. The van der Waals surface area contributed by atoms with E-state index in [4.69, 9.17) is 11.1 Å². The lowest BCUT2D eigenvalue weighted by Crippen LogP contribution is -2.50. The molecule has 4 rings (SSSR count). The molecule has 0 radical (unpaired) electrons. The summed E-state index contributed by atoms with van der Waals surface area (Å²) in [5.74, 6) is -0.512. The van der Waals surface area contributed by atoms with E-state index in [1.165, 1.54) is 12.1 Å². The minimum atomic E-state index is -0.279. The maximum absolute atomic E-state index is 13.7. The van der Waals surface area contributed by atoms with E-state index in [1.54, 1.807) is 48.8 Å². The molecule has 7 heteroatoms. The Morgan fingerprint density at radius 3 is 2.71 bits per heavy atom. The van der Waals surface area contributed by atoms with Gasteiger partial charge in [0.05, 0.1) is 5.71 Å². The summed E-state index contributed by atoms with van der Waals surface area (Å²) in [5.41, 5.74) is 9.20. The number of anilines is 1. The van der Waals surface area contributed by atoms with Crippen LogP contribution in [0, 0.1) is 11.2 Å². The number of piperidine rings is 1. The van der Waals surface area contributed by atoms with E-state index in [0.717, 1.165) is 18.5 Å². The van der Waals surface area contributed by atoms with Gasteiger partial charge in [-0.05, 0) is 61.0 Å². The van der Waals surface area contributed by atoms with Crippen molar-refractivity contribution in [2.24, 2.45) is 0 Å². The first-order valence-corrected chi connectivity index (χ1v) is 10.2. The predicted octanol–water partition coefficient (Wildman–Crippen LogP) is 3.09. The van der Waals surface area contributed by atoms with Crippen LogP contribution in [0.1, 0.15) is 39.4 Å². The lowest BCUT2D eigenvalue weighted by molar-refractivity contribution is 0.0924. The minimum Gasteiger partial charge on any atom is -0.398 e. The molecule has 1 amide bonds. The van der Waals surface area contributed by atoms with Crippen LogP contribution in [0.15, 0.2) is 67.0 Å². The van der Waals surface area contributed by atoms with Gasteiger partial charge in [0.15, 0.2) is 0 Å². The number of pyridine rings is 1. The predicted molar refractivity (Wildman–Crippen MR) is 119 cm³/mol. The molecular formula is C24H24FN5O. The van der Waals surface area contributed by atoms with Gasteiger partial charge in [-0.15, -0.1) is 0 Å². The van der Waals surface area contributed by atoms with E-state index in [0.29, 0.717) is 28.9 Å². The van der Waals surface area contributed by atoms with Crippen molar-refractivity contribution in [2.75, 3.05) is 18.8 Å². The third kappa shape index (κ3) is 4.62. The number of benzene rings is 2. The summed E-state index contributed by atoms with van der Waals surface area (Å²) >= 11 is 0. The summed E-state index contributed by atoms with van der Waals surface area (Å²) in [6.45, 7) is 1.41. The van der Waals surface area contributed by atoms with Gasteiger partial charge in [0.25, 0.3) is 5.91 Å². The summed E-state index contributed by atoms with van der Waals surface area (Å²) in [6, 6.07) is 14.8. The van der Waals surface area contributed by atoms with Gasteiger partial charge in [-0.2, -0.15) is 0 Å². The fourth-order valence-electron chi connectivity index (χ4n) is 3.99. The minimum absolute atomic E-state index is 0.0178. The van der Waals surface area contributed by atoms with E-state index >= 15 is 0 Å². The van der Waals surface area contributed by atoms with Gasteiger partial charge in [0, 0.05) is 53.3 Å². The highest BCUT2D eigenvalue weighted by atomic mass is 19.1. The summed E-state index contributed by atoms with van der Waals surface area (Å²) in [6.07, 6.45) is 4.02. The van der Waals surface area contributed by atoms with Crippen LogP contribution in [0.4, 0.5) is 10.1 Å². The quantitative estimate of drug-likeness (QED) is 0.378. The number of carbonyl (C=O) groups is 1. The normalized spacial score (nSPS) is 18.4. The number of nitrogen functional groups attached to an aromatic ring is 1. The van der Waals surface area contributed by atoms with Gasteiger partial charge >= 0.3 is 0 Å². The first-order valence-electron chi connectivity index (χ1n) is 10.2. The molecule has 2 unspecified atom stereocenters. The Bertz CT molecular complexity index is 1100. The molecule has 31 heavy (non-hydrogen) atoms. The number of aromatic nitrogens is 1. The molecule has 6 nitrogen and oxygen atoms in total. The van der Waals surface area contributed by atoms with Crippen LogP contribution in [0.2, 0.25) is 0 Å². The number of nitrogens with two attached hydrogens (primary N) is 1. The van der Waals surface area contributed by atoms with Crippen LogP contribution in [-0.2, 0) is 0 Å². The molecule has 3 aromatic rings. The molecule has 0 bridgehead atoms. The molecule has 0 aliphatic carbocycles. The Kier molecular flexibility index (Phi) is 6.04. The van der Waals surface area contributed by atoms with Gasteiger partial charge in [0.2, 0.25) is 0 Å². The van der Waals surface area contributed by atoms with Crippen LogP contribution in [0.25, 0.3) is 0 Å². The number of amides is 1. The number of carbonyl (C=O) groups excluding carboxylic acids is 1. The van der Waals surface area contributed by atoms with Crippen LogP contribution in [-0.4, -0.2) is 35.7 Å². The molecule has 2 atom stereocenters. The first kappa shape index (κ1) is 20.7. The zero-order valence-electron chi connectivity index (χ0n) is 16.9. The standard InChI is InChI=1S/C24H24FN5O/c25-18-3-1-2-16(12-18)19-8-11-29-14-22(19)30-24(31)17-4-5-21(26)20(13-17)23(27)15-6-9-28-10-7-15/h1-7,9-10,12-13,19,22,27,29H,8,11,14,26H2,(H,30,31). The average molecular weight is 417 g/mol. The molecule has 158 valence electrons. The van der Waals surface area contributed by atoms with E-state index < -0.39 is 0 Å². The van der Waals surface area contributed by atoms with Crippen molar-refractivity contribution in [1.82, 2.24) is 15.6 Å². The van der Waals surface area contributed by atoms with Gasteiger partial charge in [-0.25, -0.2) is 4.39 Å². The molecule has 2 aromatic carbocycles. The number of hydrogen-bond acceptors (Lipinski definition) is 5. The number of rotatable bonds is 5. The molecule has 0 saturated carbocycles. The fourth-order valence-corrected chi connectivity index (χ4v) is 3.99. The highest BCUT2D eigenvalue weighted by molar-refractivity contribution is 6.14. The van der Waals surface area contributed by atoms with Crippen molar-refractivity contribution < 1.29 is 9.18 Å². The van der Waals surface area contributed by atoms with Crippen LogP contribution >= 0.6 is 0 Å². The van der Waals surface area contributed by atoms with Gasteiger partial charge < -0.3 is 16.4 Å². The Balaban J connectivity index is 1.56. The molecule has 1 aliphatic heterocycles. The van der Waals surface area contributed by atoms with Crippen molar-refractivity contribution in [3.05, 3.63) is 95.1 Å². The monoisotopic (exact) mass is 417 g/mol. The average Bonchev–Trinajstić information content (AvgIpc) is 2.80. The van der Waals surface area contributed by atoms with E-state index in [-0.39, 0.29) is 29.4 Å². The maximum Gasteiger partial charge on any atom is 0.251 e. The summed E-state index contributed by atoms with van der Waals surface area (Å²) in [7, 11) is 0. The van der Waals surface area contributed by atoms with Crippen molar-refractivity contribution in [2.45, 2.75) is 18.4 Å². The van der Waals surface area contributed by atoms with Crippen LogP contribution in [0.5, 0.6) is 0 Å². The Morgan fingerprint density at radius 1 is 1.13 bits per heavy atom. The van der Waals surface area contributed by atoms with E-state index in [9.17, 15) is 9.18 Å². The number of nitrogens with one attached hydrogen (secondary N) is 3. The second-order valence-corrected chi connectivity index (χ2v) is 7.65. The van der Waals surface area contributed by atoms with Gasteiger partial charge in [-0.3, -0.25) is 15.2 Å². The topological polar surface area (TPSA) is 104 Å². The summed E-state index contributed by atoms with van der Waals surface area (Å²) < 4.78 is 13.7. The lowest BCUT2D eigenvalue weighted by Gasteiger charge is -2.33. The summed E-state index contributed by atoms with van der Waals surface area (Å²) in [4.78, 5) is 17.0. The van der Waals surface area contributed by atoms with E-state index in [2.05, 4.69) is 15.6 Å². The smallest absolute Gasteiger partial charge is 0.251 e. The number of halogens is 1. The second-order valence-electron chi connectivity index (χ2n) is 7.65. The molecule has 2 heterocycles. The Labute approximate surface area is 180 Å². The third-order valence-electron chi connectivity index (χ3n) is 5.63. The number of hydrogen-bond donors (Lipinski definition) is 4. The molecular weight excluding hydrogens is 393 g/mol. The van der Waals surface area contributed by atoms with E-state index in [1.807, 2.05) is 6.07 Å². The molecule has 0 spiro atoms. The van der Waals surface area contributed by atoms with Crippen molar-refractivity contribution in [3.63, 3.8) is 0 Å². The van der Waals surface area contributed by atoms with Crippen molar-refractivity contribution >= 4 is 17.3 Å². The molecule has 1 fully saturated rings. The summed E-state index contributed by atoms with van der Waals surface area (Å²) in [5, 5.41) is 14.9. The van der Waals surface area contributed by atoms with Crippen molar-refractivity contribution in [1.29, 1.82) is 5.41 Å². The fraction of sp³-hybridized carbons (Fsp3) is 0.208. The lowest BCUT2D eigenvalue weighted by atomic mass is 9.86. The maximum atomic E-state index is 13.7. The van der Waals surface area contributed by atoms with Gasteiger partial charge in [-0.1, -0.05) is 12.1 Å². The number of nitrogens with zero attached hydrogens (tertiary/aromatic N) is 1. The van der Waals surface area contributed by atoms with Crippen molar-refractivity contribution in [3.8, 4) is 0 Å². The second kappa shape index (κ2) is 9.06. The first-order chi connectivity index (χ1) is 15.0. The Hall–Kier alpha value is -3.58. The molecule has 1 saturated heterocycles.